The maximum absolute atomic E-state index is 14.3. The molecule has 0 atom stereocenters. The summed E-state index contributed by atoms with van der Waals surface area (Å²) < 4.78 is 39.8. The molecule has 2 N–H and O–H groups in total. The van der Waals surface area contributed by atoms with Crippen molar-refractivity contribution in [1.82, 2.24) is 4.98 Å². The summed E-state index contributed by atoms with van der Waals surface area (Å²) in [6, 6.07) is 19.8. The summed E-state index contributed by atoms with van der Waals surface area (Å²) >= 11 is 4.55. The summed E-state index contributed by atoms with van der Waals surface area (Å²) in [6.07, 6.45) is 0. The predicted molar refractivity (Wildman–Crippen MR) is 139 cm³/mol. The minimum atomic E-state index is -5.67. The standard InChI is InChI=1S/C25H22BrF2N2O3PS/c1-16-8-10-20(12-17(16)2)30(24-29-23(15-35-24)19-6-4-3-5-7-19)14-18-9-11-21(22(26)13-18)25(27,28)34(31,32)33/h3-13,15H,14H2,1-2H3,(H2,31,32,33). The molecular formula is C25H22BrF2N2O3PS. The Morgan fingerprint density at radius 3 is 2.37 bits per heavy atom. The third-order valence-corrected chi connectivity index (χ3v) is 8.15. The van der Waals surface area contributed by atoms with Gasteiger partial charge in [0.15, 0.2) is 5.13 Å². The minimum absolute atomic E-state index is 0.0764. The van der Waals surface area contributed by atoms with Gasteiger partial charge in [-0.05, 0) is 48.7 Å². The van der Waals surface area contributed by atoms with Crippen molar-refractivity contribution in [1.29, 1.82) is 0 Å². The SMILES string of the molecule is Cc1ccc(N(Cc2ccc(C(F)(F)P(=O)(O)O)c(Br)c2)c2nc(-c3ccccc3)cs2)cc1C. The minimum Gasteiger partial charge on any atom is -0.320 e. The van der Waals surface area contributed by atoms with Crippen LogP contribution in [0, 0.1) is 13.8 Å². The zero-order valence-corrected chi connectivity index (χ0v) is 22.1. The lowest BCUT2D eigenvalue weighted by atomic mass is 10.1. The number of aryl methyl sites for hydroxylation is 2. The van der Waals surface area contributed by atoms with Gasteiger partial charge < -0.3 is 14.7 Å². The van der Waals surface area contributed by atoms with E-state index in [1.165, 1.54) is 23.5 Å². The van der Waals surface area contributed by atoms with Crippen LogP contribution in [0.25, 0.3) is 11.3 Å². The van der Waals surface area contributed by atoms with E-state index in [-0.39, 0.29) is 4.47 Å². The quantitative estimate of drug-likeness (QED) is 0.219. The molecule has 0 fully saturated rings. The average molecular weight is 579 g/mol. The van der Waals surface area contributed by atoms with E-state index in [4.69, 9.17) is 14.8 Å². The molecule has 3 aromatic carbocycles. The topological polar surface area (TPSA) is 73.7 Å². The smallest absolute Gasteiger partial charge is 0.320 e. The fraction of sp³-hybridized carbons (Fsp3) is 0.160. The molecule has 10 heteroatoms. The second-order valence-electron chi connectivity index (χ2n) is 8.14. The van der Waals surface area contributed by atoms with Crippen LogP contribution in [0.5, 0.6) is 0 Å². The first-order valence-electron chi connectivity index (χ1n) is 10.6. The third-order valence-electron chi connectivity index (χ3n) is 5.66. The number of aromatic nitrogens is 1. The molecular weight excluding hydrogens is 557 g/mol. The van der Waals surface area contributed by atoms with Gasteiger partial charge in [0.25, 0.3) is 0 Å². The molecule has 1 heterocycles. The summed E-state index contributed by atoms with van der Waals surface area (Å²) in [5.74, 6) is 0. The summed E-state index contributed by atoms with van der Waals surface area (Å²) in [6.45, 7) is 4.35. The van der Waals surface area contributed by atoms with Crippen molar-refractivity contribution in [3.8, 4) is 11.3 Å². The Morgan fingerprint density at radius 1 is 1.03 bits per heavy atom. The Hall–Kier alpha value is -2.42. The largest absolute Gasteiger partial charge is 0.399 e. The molecule has 0 saturated carbocycles. The molecule has 4 rings (SSSR count). The third kappa shape index (κ3) is 5.39. The zero-order valence-electron chi connectivity index (χ0n) is 18.8. The van der Waals surface area contributed by atoms with Crippen LogP contribution in [-0.2, 0) is 16.8 Å². The molecule has 0 unspecified atom stereocenters. The Morgan fingerprint density at radius 2 is 1.74 bits per heavy atom. The number of benzene rings is 3. The van der Waals surface area contributed by atoms with Crippen molar-refractivity contribution in [2.45, 2.75) is 26.1 Å². The van der Waals surface area contributed by atoms with Crippen LogP contribution in [-0.4, -0.2) is 14.8 Å². The molecule has 0 spiro atoms. The normalized spacial score (nSPS) is 12.1. The monoisotopic (exact) mass is 578 g/mol. The molecule has 0 saturated heterocycles. The van der Waals surface area contributed by atoms with E-state index in [2.05, 4.69) is 15.9 Å². The van der Waals surface area contributed by atoms with Gasteiger partial charge in [-0.2, -0.15) is 8.78 Å². The number of halogens is 3. The fourth-order valence-electron chi connectivity index (χ4n) is 3.53. The number of rotatable bonds is 7. The van der Waals surface area contributed by atoms with E-state index in [0.717, 1.165) is 39.3 Å². The van der Waals surface area contributed by atoms with Crippen LogP contribution in [0.3, 0.4) is 0 Å². The number of alkyl halides is 2. The number of anilines is 2. The lowest BCUT2D eigenvalue weighted by Crippen LogP contribution is -2.18. The van der Waals surface area contributed by atoms with Crippen molar-refractivity contribution < 1.29 is 23.1 Å². The zero-order chi connectivity index (χ0) is 25.4. The summed E-state index contributed by atoms with van der Waals surface area (Å²) in [4.78, 5) is 25.0. The first-order valence-corrected chi connectivity index (χ1v) is 13.8. The molecule has 35 heavy (non-hydrogen) atoms. The second-order valence-corrected chi connectivity index (χ2v) is 11.5. The summed E-state index contributed by atoms with van der Waals surface area (Å²) in [7, 11) is -5.67. The predicted octanol–water partition coefficient (Wildman–Crippen LogP) is 7.75. The van der Waals surface area contributed by atoms with Crippen LogP contribution in [0.4, 0.5) is 19.6 Å². The molecule has 182 valence electrons. The summed E-state index contributed by atoms with van der Waals surface area (Å²) in [5.41, 5.74) is 0.569. The molecule has 0 aliphatic carbocycles. The van der Waals surface area contributed by atoms with Crippen molar-refractivity contribution in [3.63, 3.8) is 0 Å². The maximum Gasteiger partial charge on any atom is 0.399 e. The van der Waals surface area contributed by atoms with E-state index < -0.39 is 18.8 Å². The highest BCUT2D eigenvalue weighted by Gasteiger charge is 2.51. The Labute approximate surface area is 214 Å². The van der Waals surface area contributed by atoms with Crippen molar-refractivity contribution in [3.05, 3.63) is 98.8 Å². The van der Waals surface area contributed by atoms with Gasteiger partial charge in [0.2, 0.25) is 0 Å². The van der Waals surface area contributed by atoms with Gasteiger partial charge in [0.1, 0.15) is 0 Å². The van der Waals surface area contributed by atoms with Crippen LogP contribution < -0.4 is 4.90 Å². The van der Waals surface area contributed by atoms with Crippen molar-refractivity contribution in [2.24, 2.45) is 0 Å². The highest BCUT2D eigenvalue weighted by molar-refractivity contribution is 9.10. The molecule has 0 radical (unpaired) electrons. The molecule has 0 amide bonds. The molecule has 5 nitrogen and oxygen atoms in total. The van der Waals surface area contributed by atoms with Gasteiger partial charge >= 0.3 is 13.3 Å². The van der Waals surface area contributed by atoms with Gasteiger partial charge in [0.05, 0.1) is 12.2 Å². The van der Waals surface area contributed by atoms with Crippen LogP contribution in [0.1, 0.15) is 22.3 Å². The Bertz CT molecular complexity index is 1410. The molecule has 0 bridgehead atoms. The van der Waals surface area contributed by atoms with Crippen molar-refractivity contribution in [2.75, 3.05) is 4.90 Å². The van der Waals surface area contributed by atoms with Crippen LogP contribution in [0.15, 0.2) is 76.6 Å². The molecule has 0 aliphatic rings. The Balaban J connectivity index is 1.73. The Kier molecular flexibility index (Phi) is 7.27. The second kappa shape index (κ2) is 9.91. The highest BCUT2D eigenvalue weighted by atomic mass is 79.9. The fourth-order valence-corrected chi connectivity index (χ4v) is 5.72. The lowest BCUT2D eigenvalue weighted by molar-refractivity contribution is 0.0557. The van der Waals surface area contributed by atoms with Gasteiger partial charge in [-0.3, -0.25) is 4.57 Å². The van der Waals surface area contributed by atoms with E-state index in [1.807, 2.05) is 72.7 Å². The first kappa shape index (κ1) is 25.7. The number of nitrogens with zero attached hydrogens (tertiary/aromatic N) is 2. The van der Waals surface area contributed by atoms with Gasteiger partial charge in [-0.25, -0.2) is 4.98 Å². The van der Waals surface area contributed by atoms with E-state index in [0.29, 0.717) is 12.1 Å². The highest BCUT2D eigenvalue weighted by Crippen LogP contribution is 2.60. The summed E-state index contributed by atoms with van der Waals surface area (Å²) in [5, 5.41) is 2.70. The number of thiazole rings is 1. The van der Waals surface area contributed by atoms with E-state index in [9.17, 15) is 13.3 Å². The molecule has 4 aromatic rings. The van der Waals surface area contributed by atoms with Crippen LogP contribution >= 0.6 is 34.9 Å². The lowest BCUT2D eigenvalue weighted by Gasteiger charge is -2.24. The van der Waals surface area contributed by atoms with E-state index >= 15 is 0 Å². The van der Waals surface area contributed by atoms with Gasteiger partial charge in [-0.15, -0.1) is 11.3 Å². The number of hydrogen-bond donors (Lipinski definition) is 2. The van der Waals surface area contributed by atoms with Crippen molar-refractivity contribution >= 4 is 45.7 Å². The van der Waals surface area contributed by atoms with Gasteiger partial charge in [0, 0.05) is 26.7 Å². The van der Waals surface area contributed by atoms with E-state index in [1.54, 1.807) is 0 Å². The molecule has 0 aliphatic heterocycles. The average Bonchev–Trinajstić information content (AvgIpc) is 3.29. The van der Waals surface area contributed by atoms with Gasteiger partial charge in [-0.1, -0.05) is 64.5 Å². The number of hydrogen-bond acceptors (Lipinski definition) is 4. The van der Waals surface area contributed by atoms with Crippen LogP contribution in [0.2, 0.25) is 0 Å². The maximum atomic E-state index is 14.3. The first-order chi connectivity index (χ1) is 16.5. The molecule has 1 aromatic heterocycles.